The van der Waals surface area contributed by atoms with Crippen LogP contribution in [0.5, 0.6) is 0 Å². The molecule has 1 aliphatic rings. The van der Waals surface area contributed by atoms with Gasteiger partial charge in [-0.05, 0) is 0 Å². The van der Waals surface area contributed by atoms with Gasteiger partial charge in [-0.15, -0.1) is 23.2 Å². The molecule has 0 aromatic carbocycles. The van der Waals surface area contributed by atoms with E-state index in [2.05, 4.69) is 0 Å². The molecule has 0 radical (unpaired) electrons. The summed E-state index contributed by atoms with van der Waals surface area (Å²) in [7, 11) is 0. The highest BCUT2D eigenvalue weighted by Crippen LogP contribution is 2.33. The SMILES string of the molecule is Cl[C@@H]1[C@H](Cl)[C@H](Cl)O[C@@H]1Cl. The van der Waals surface area contributed by atoms with E-state index in [9.17, 15) is 0 Å². The number of rotatable bonds is 0. The second-order valence-electron chi connectivity index (χ2n) is 1.73. The molecule has 9 heavy (non-hydrogen) atoms. The molecule has 0 saturated carbocycles. The Bertz CT molecular complexity index is 96.7. The Labute approximate surface area is 73.2 Å². The normalized spacial score (nSPS) is 52.0. The highest BCUT2D eigenvalue weighted by atomic mass is 35.5. The summed E-state index contributed by atoms with van der Waals surface area (Å²) in [5, 5.41) is -0.785. The molecule has 1 nitrogen and oxygen atoms in total. The average molecular weight is 210 g/mol. The van der Waals surface area contributed by atoms with Crippen LogP contribution in [-0.4, -0.2) is 21.9 Å². The van der Waals surface area contributed by atoms with Crippen LogP contribution < -0.4 is 0 Å². The van der Waals surface area contributed by atoms with Gasteiger partial charge in [0.05, 0.1) is 10.8 Å². The summed E-state index contributed by atoms with van der Waals surface area (Å²) in [5.74, 6) is 0. The summed E-state index contributed by atoms with van der Waals surface area (Å²) in [5.41, 5.74) is -1.12. The molecule has 1 rings (SSSR count). The molecule has 0 bridgehead atoms. The molecule has 0 aromatic heterocycles. The zero-order chi connectivity index (χ0) is 7.02. The molecule has 54 valence electrons. The molecule has 0 amide bonds. The van der Waals surface area contributed by atoms with E-state index in [4.69, 9.17) is 51.1 Å². The van der Waals surface area contributed by atoms with E-state index in [0.29, 0.717) is 0 Å². The first-order valence-electron chi connectivity index (χ1n) is 2.34. The summed E-state index contributed by atoms with van der Waals surface area (Å²) in [6.07, 6.45) is 0. The second-order valence-corrected chi connectivity index (χ2v) is 3.60. The van der Waals surface area contributed by atoms with Crippen molar-refractivity contribution in [2.45, 2.75) is 21.9 Å². The van der Waals surface area contributed by atoms with E-state index in [1.165, 1.54) is 0 Å². The molecular weight excluding hydrogens is 206 g/mol. The van der Waals surface area contributed by atoms with Crippen molar-refractivity contribution < 1.29 is 4.74 Å². The molecular formula is C4H4Cl4O. The zero-order valence-electron chi connectivity index (χ0n) is 4.23. The second kappa shape index (κ2) is 3.02. The van der Waals surface area contributed by atoms with Crippen molar-refractivity contribution in [1.82, 2.24) is 0 Å². The summed E-state index contributed by atoms with van der Waals surface area (Å²) < 4.78 is 4.85. The van der Waals surface area contributed by atoms with Crippen LogP contribution in [0.3, 0.4) is 0 Å². The van der Waals surface area contributed by atoms with Crippen LogP contribution in [0.1, 0.15) is 0 Å². The van der Waals surface area contributed by atoms with Crippen LogP contribution in [-0.2, 0) is 4.74 Å². The van der Waals surface area contributed by atoms with Crippen molar-refractivity contribution in [2.75, 3.05) is 0 Å². The predicted octanol–water partition coefficient (Wildman–Crippen LogP) is 2.36. The number of alkyl halides is 4. The van der Waals surface area contributed by atoms with Crippen molar-refractivity contribution in [3.63, 3.8) is 0 Å². The lowest BCUT2D eigenvalue weighted by Crippen LogP contribution is -2.17. The third kappa shape index (κ3) is 1.58. The quantitative estimate of drug-likeness (QED) is 0.557. The van der Waals surface area contributed by atoms with E-state index < -0.39 is 21.9 Å². The van der Waals surface area contributed by atoms with Crippen molar-refractivity contribution in [2.24, 2.45) is 0 Å². The number of hydrogen-bond donors (Lipinski definition) is 0. The lowest BCUT2D eigenvalue weighted by molar-refractivity contribution is 0.143. The number of hydrogen-bond acceptors (Lipinski definition) is 1. The highest BCUT2D eigenvalue weighted by Gasteiger charge is 2.40. The molecule has 0 aliphatic carbocycles. The van der Waals surface area contributed by atoms with Gasteiger partial charge in [0.25, 0.3) is 0 Å². The lowest BCUT2D eigenvalue weighted by atomic mass is 10.4. The fourth-order valence-electron chi connectivity index (χ4n) is 0.563. The van der Waals surface area contributed by atoms with Crippen molar-refractivity contribution >= 4 is 46.4 Å². The summed E-state index contributed by atoms with van der Waals surface area (Å²) in [4.78, 5) is 0. The maximum Gasteiger partial charge on any atom is 0.151 e. The molecule has 1 aliphatic heterocycles. The number of ether oxygens (including phenoxy) is 1. The van der Waals surface area contributed by atoms with E-state index >= 15 is 0 Å². The van der Waals surface area contributed by atoms with Crippen LogP contribution >= 0.6 is 46.4 Å². The molecule has 4 atom stereocenters. The minimum Gasteiger partial charge on any atom is -0.340 e. The van der Waals surface area contributed by atoms with E-state index in [-0.39, 0.29) is 0 Å². The van der Waals surface area contributed by atoms with Gasteiger partial charge in [0.2, 0.25) is 0 Å². The van der Waals surface area contributed by atoms with Gasteiger partial charge in [0, 0.05) is 0 Å². The zero-order valence-corrected chi connectivity index (χ0v) is 7.25. The smallest absolute Gasteiger partial charge is 0.151 e. The molecule has 0 aromatic rings. The first-order valence-corrected chi connectivity index (χ1v) is 4.09. The molecule has 0 N–H and O–H groups in total. The van der Waals surface area contributed by atoms with Crippen LogP contribution in [0, 0.1) is 0 Å². The van der Waals surface area contributed by atoms with Crippen molar-refractivity contribution in [3.05, 3.63) is 0 Å². The molecule has 1 fully saturated rings. The van der Waals surface area contributed by atoms with Gasteiger partial charge in [-0.25, -0.2) is 0 Å². The monoisotopic (exact) mass is 208 g/mol. The summed E-state index contributed by atoms with van der Waals surface area (Å²) in [6.45, 7) is 0. The van der Waals surface area contributed by atoms with Gasteiger partial charge < -0.3 is 4.74 Å². The summed E-state index contributed by atoms with van der Waals surface area (Å²) >= 11 is 22.3. The third-order valence-electron chi connectivity index (χ3n) is 1.06. The Morgan fingerprint density at radius 2 is 1.11 bits per heavy atom. The van der Waals surface area contributed by atoms with Gasteiger partial charge in [-0.3, -0.25) is 0 Å². The Kier molecular flexibility index (Phi) is 2.75. The standard InChI is InChI=1S/C4H4Cl4O/c5-1-2(6)4(8)9-3(1)7/h1-4H/t1-,2+,3+,4-. The van der Waals surface area contributed by atoms with Crippen molar-refractivity contribution in [3.8, 4) is 0 Å². The van der Waals surface area contributed by atoms with Crippen LogP contribution in [0.4, 0.5) is 0 Å². The van der Waals surface area contributed by atoms with E-state index in [1.807, 2.05) is 0 Å². The first-order chi connectivity index (χ1) is 4.13. The van der Waals surface area contributed by atoms with Gasteiger partial charge >= 0.3 is 0 Å². The van der Waals surface area contributed by atoms with Crippen molar-refractivity contribution in [1.29, 1.82) is 0 Å². The van der Waals surface area contributed by atoms with Crippen LogP contribution in [0.2, 0.25) is 0 Å². The van der Waals surface area contributed by atoms with Crippen LogP contribution in [0.25, 0.3) is 0 Å². The Hall–Kier alpha value is 1.12. The minimum absolute atomic E-state index is 0.393. The molecule has 0 spiro atoms. The Morgan fingerprint density at radius 1 is 0.778 bits per heavy atom. The third-order valence-corrected chi connectivity index (χ3v) is 3.20. The van der Waals surface area contributed by atoms with E-state index in [1.54, 1.807) is 0 Å². The Morgan fingerprint density at radius 3 is 1.22 bits per heavy atom. The van der Waals surface area contributed by atoms with Gasteiger partial charge in [0.1, 0.15) is 0 Å². The van der Waals surface area contributed by atoms with Gasteiger partial charge in [0.15, 0.2) is 11.1 Å². The maximum atomic E-state index is 5.63. The molecule has 0 unspecified atom stereocenters. The molecule has 1 saturated heterocycles. The highest BCUT2D eigenvalue weighted by molar-refractivity contribution is 6.38. The molecule has 5 heteroatoms. The predicted molar refractivity (Wildman–Crippen MR) is 39.6 cm³/mol. The minimum atomic E-state index is -0.559. The summed E-state index contributed by atoms with van der Waals surface area (Å²) in [6, 6.07) is 0. The molecule has 1 heterocycles. The number of halogens is 4. The topological polar surface area (TPSA) is 9.23 Å². The van der Waals surface area contributed by atoms with Crippen LogP contribution in [0.15, 0.2) is 0 Å². The van der Waals surface area contributed by atoms with Gasteiger partial charge in [-0.1, -0.05) is 23.2 Å². The lowest BCUT2D eigenvalue weighted by Gasteiger charge is -2.03. The largest absolute Gasteiger partial charge is 0.340 e. The maximum absolute atomic E-state index is 5.63. The fourth-order valence-corrected chi connectivity index (χ4v) is 1.68. The van der Waals surface area contributed by atoms with E-state index in [0.717, 1.165) is 0 Å². The van der Waals surface area contributed by atoms with Gasteiger partial charge in [-0.2, -0.15) is 0 Å². The average Bonchev–Trinajstić information content (AvgIpc) is 1.98. The Balaban J connectivity index is 2.54. The fraction of sp³-hybridized carbons (Fsp3) is 1.00. The first kappa shape index (κ1) is 8.22.